The molecule has 2 aliphatic rings. The number of hydrogen-bond acceptors (Lipinski definition) is 10. The van der Waals surface area contributed by atoms with Crippen molar-refractivity contribution in [1.82, 2.24) is 10.2 Å². The van der Waals surface area contributed by atoms with Gasteiger partial charge in [-0.2, -0.15) is 0 Å². The van der Waals surface area contributed by atoms with E-state index in [4.69, 9.17) is 9.47 Å². The second kappa shape index (κ2) is 10.2. The van der Waals surface area contributed by atoms with Gasteiger partial charge < -0.3 is 14.6 Å². The number of fused-ring (bicyclic) bond motifs is 1. The van der Waals surface area contributed by atoms with Crippen LogP contribution in [0.25, 0.3) is 5.76 Å². The van der Waals surface area contributed by atoms with Crippen molar-refractivity contribution in [3.8, 4) is 11.5 Å². The van der Waals surface area contributed by atoms with Crippen molar-refractivity contribution in [1.29, 1.82) is 0 Å². The zero-order chi connectivity index (χ0) is 26.2. The lowest BCUT2D eigenvalue weighted by Crippen LogP contribution is -2.29. The van der Waals surface area contributed by atoms with E-state index in [-0.39, 0.29) is 22.3 Å². The number of amides is 1. The zero-order valence-corrected chi connectivity index (χ0v) is 21.9. The van der Waals surface area contributed by atoms with Gasteiger partial charge in [0.05, 0.1) is 5.57 Å². The summed E-state index contributed by atoms with van der Waals surface area (Å²) in [6.07, 6.45) is 0. The third-order valence-electron chi connectivity index (χ3n) is 5.98. The maximum absolute atomic E-state index is 14.0. The fraction of sp³-hybridized carbons (Fsp3) is 0.154. The van der Waals surface area contributed by atoms with Crippen LogP contribution >= 0.6 is 34.4 Å². The predicted octanol–water partition coefficient (Wildman–Crippen LogP) is 5.43. The molecule has 1 unspecified atom stereocenters. The molecule has 6 rings (SSSR count). The summed E-state index contributed by atoms with van der Waals surface area (Å²) >= 11 is 3.76. The number of thioether (sulfide) groups is 1. The van der Waals surface area contributed by atoms with E-state index in [1.54, 1.807) is 48.5 Å². The SMILES string of the molecule is O=C1C(=O)N(c2nnc(SCc3ccccc3F)s2)C(c2cccs2)/C1=C(\O)c1ccc2c(c1)OCCO2. The standard InChI is InChI=1S/C26H18FN3O5S3/c27-16-5-2-1-4-15(16)13-37-26-29-28-25(38-26)30-21(19-6-3-11-36-19)20(23(32)24(30)33)22(31)14-7-8-17-18(12-14)35-10-9-34-17/h1-8,11-12,21,31H,9-10,13H2/b22-20+. The van der Waals surface area contributed by atoms with Gasteiger partial charge in [-0.1, -0.05) is 47.4 Å². The minimum absolute atomic E-state index is 0.0510. The van der Waals surface area contributed by atoms with Gasteiger partial charge in [-0.3, -0.25) is 14.5 Å². The van der Waals surface area contributed by atoms with Gasteiger partial charge in [0.15, 0.2) is 15.8 Å². The van der Waals surface area contributed by atoms with Gasteiger partial charge in [0.1, 0.15) is 30.8 Å². The third-order valence-corrected chi connectivity index (χ3v) is 9.01. The fourth-order valence-corrected chi connectivity index (χ4v) is 6.88. The van der Waals surface area contributed by atoms with Crippen molar-refractivity contribution >= 4 is 57.0 Å². The van der Waals surface area contributed by atoms with Crippen LogP contribution in [-0.2, 0) is 15.3 Å². The number of ether oxygens (including phenoxy) is 2. The second-order valence-corrected chi connectivity index (χ2v) is 11.4. The molecule has 0 bridgehead atoms. The molecule has 8 nitrogen and oxygen atoms in total. The molecule has 1 saturated heterocycles. The summed E-state index contributed by atoms with van der Waals surface area (Å²) in [6, 6.07) is 14.0. The van der Waals surface area contributed by atoms with Crippen molar-refractivity contribution in [3.05, 3.63) is 87.4 Å². The topological polar surface area (TPSA) is 102 Å². The molecule has 1 atom stereocenters. The van der Waals surface area contributed by atoms with E-state index < -0.39 is 17.7 Å². The molecule has 0 radical (unpaired) electrons. The van der Waals surface area contributed by atoms with Gasteiger partial charge in [-0.15, -0.1) is 21.5 Å². The first-order valence-electron chi connectivity index (χ1n) is 11.5. The first-order valence-corrected chi connectivity index (χ1v) is 14.1. The molecule has 2 aromatic carbocycles. The lowest BCUT2D eigenvalue weighted by atomic mass is 9.99. The van der Waals surface area contributed by atoms with Crippen LogP contribution in [0.5, 0.6) is 11.5 Å². The molecule has 1 N–H and O–H groups in total. The summed E-state index contributed by atoms with van der Waals surface area (Å²) in [4.78, 5) is 28.5. The molecule has 1 amide bonds. The van der Waals surface area contributed by atoms with Crippen LogP contribution < -0.4 is 14.4 Å². The Morgan fingerprint density at radius 1 is 1.08 bits per heavy atom. The normalized spacial score (nSPS) is 18.2. The van der Waals surface area contributed by atoms with Crippen molar-refractivity contribution < 1.29 is 28.6 Å². The molecule has 0 saturated carbocycles. The van der Waals surface area contributed by atoms with E-state index >= 15 is 0 Å². The monoisotopic (exact) mass is 567 g/mol. The molecule has 0 spiro atoms. The van der Waals surface area contributed by atoms with Crippen molar-refractivity contribution in [2.24, 2.45) is 0 Å². The highest BCUT2D eigenvalue weighted by molar-refractivity contribution is 8.00. The number of ketones is 1. The molecular formula is C26H18FN3O5S3. The Morgan fingerprint density at radius 2 is 1.89 bits per heavy atom. The Kier molecular flexibility index (Phi) is 6.60. The van der Waals surface area contributed by atoms with Crippen molar-refractivity contribution in [3.63, 3.8) is 0 Å². The highest BCUT2D eigenvalue weighted by atomic mass is 32.2. The van der Waals surface area contributed by atoms with Crippen LogP contribution in [0.3, 0.4) is 0 Å². The first kappa shape index (κ1) is 24.6. The number of anilines is 1. The molecule has 192 valence electrons. The van der Waals surface area contributed by atoms with E-state index in [0.717, 1.165) is 11.3 Å². The Bertz CT molecular complexity index is 1570. The molecule has 0 aliphatic carbocycles. The maximum atomic E-state index is 14.0. The maximum Gasteiger partial charge on any atom is 0.301 e. The van der Waals surface area contributed by atoms with Gasteiger partial charge in [-0.25, -0.2) is 4.39 Å². The molecule has 4 heterocycles. The molecular weight excluding hydrogens is 550 g/mol. The lowest BCUT2D eigenvalue weighted by Gasteiger charge is -2.21. The second-order valence-electron chi connectivity index (χ2n) is 8.27. The summed E-state index contributed by atoms with van der Waals surface area (Å²) in [5, 5.41) is 21.7. The van der Waals surface area contributed by atoms with Crippen LogP contribution in [0.2, 0.25) is 0 Å². The molecule has 2 aliphatic heterocycles. The van der Waals surface area contributed by atoms with Gasteiger partial charge in [0.25, 0.3) is 5.78 Å². The highest BCUT2D eigenvalue weighted by Crippen LogP contribution is 2.46. The van der Waals surface area contributed by atoms with E-state index in [1.165, 1.54) is 34.1 Å². The van der Waals surface area contributed by atoms with Crippen molar-refractivity contribution in [2.75, 3.05) is 18.1 Å². The Balaban J connectivity index is 1.36. The van der Waals surface area contributed by atoms with Crippen LogP contribution in [0.1, 0.15) is 22.0 Å². The quantitative estimate of drug-likeness (QED) is 0.108. The zero-order valence-electron chi connectivity index (χ0n) is 19.5. The van der Waals surface area contributed by atoms with E-state index in [2.05, 4.69) is 10.2 Å². The number of benzene rings is 2. The smallest absolute Gasteiger partial charge is 0.301 e. The number of thiophene rings is 1. The van der Waals surface area contributed by atoms with Crippen molar-refractivity contribution in [2.45, 2.75) is 16.1 Å². The summed E-state index contributed by atoms with van der Waals surface area (Å²) < 4.78 is 25.7. The first-order chi connectivity index (χ1) is 18.5. The molecule has 38 heavy (non-hydrogen) atoms. The number of carbonyl (C=O) groups is 2. The van der Waals surface area contributed by atoms with E-state index in [0.29, 0.717) is 50.8 Å². The number of rotatable bonds is 6. The average molecular weight is 568 g/mol. The Hall–Kier alpha value is -3.74. The molecule has 1 fully saturated rings. The van der Waals surface area contributed by atoms with Gasteiger partial charge >= 0.3 is 5.91 Å². The van der Waals surface area contributed by atoms with Gasteiger partial charge in [0.2, 0.25) is 5.13 Å². The average Bonchev–Trinajstić information content (AvgIpc) is 3.68. The highest BCUT2D eigenvalue weighted by Gasteiger charge is 2.49. The number of aliphatic hydroxyl groups is 1. The third kappa shape index (κ3) is 4.44. The number of aliphatic hydroxyl groups excluding tert-OH is 1. The van der Waals surface area contributed by atoms with Gasteiger partial charge in [-0.05, 0) is 41.3 Å². The van der Waals surface area contributed by atoms with Crippen LogP contribution in [0.4, 0.5) is 9.52 Å². The molecule has 12 heteroatoms. The van der Waals surface area contributed by atoms with Crippen LogP contribution in [0.15, 0.2) is 69.9 Å². The van der Waals surface area contributed by atoms with E-state index in [1.807, 2.05) is 5.38 Å². The number of Topliss-reactive ketones (excluding diaryl/α,β-unsaturated/α-hetero) is 1. The summed E-state index contributed by atoms with van der Waals surface area (Å²) in [6.45, 7) is 0.787. The summed E-state index contributed by atoms with van der Waals surface area (Å²) in [5.41, 5.74) is 0.796. The van der Waals surface area contributed by atoms with E-state index in [9.17, 15) is 19.1 Å². The number of halogens is 1. The Labute approximate surface area is 228 Å². The summed E-state index contributed by atoms with van der Waals surface area (Å²) in [7, 11) is 0. The summed E-state index contributed by atoms with van der Waals surface area (Å²) in [5.74, 6) is -0.957. The molecule has 2 aromatic heterocycles. The van der Waals surface area contributed by atoms with Crippen LogP contribution in [0, 0.1) is 5.82 Å². The minimum Gasteiger partial charge on any atom is -0.507 e. The number of hydrogen-bond donors (Lipinski definition) is 1. The largest absolute Gasteiger partial charge is 0.507 e. The number of nitrogens with zero attached hydrogens (tertiary/aromatic N) is 3. The van der Waals surface area contributed by atoms with Gasteiger partial charge in [0, 0.05) is 16.2 Å². The Morgan fingerprint density at radius 3 is 2.68 bits per heavy atom. The number of carbonyl (C=O) groups excluding carboxylic acids is 2. The minimum atomic E-state index is -0.888. The fourth-order valence-electron chi connectivity index (χ4n) is 4.21. The predicted molar refractivity (Wildman–Crippen MR) is 142 cm³/mol. The molecule has 4 aromatic rings. The van der Waals surface area contributed by atoms with Crippen LogP contribution in [-0.4, -0.2) is 40.2 Å². The lowest BCUT2D eigenvalue weighted by molar-refractivity contribution is -0.132. The number of aromatic nitrogens is 2.